The molecule has 126 valence electrons. The first kappa shape index (κ1) is 19.7. The molecule has 2 aliphatic rings. The number of benzene rings is 1. The molecule has 0 amide bonds. The van der Waals surface area contributed by atoms with E-state index in [4.69, 9.17) is 0 Å². The fraction of sp³-hybridized carbons (Fsp3) is 0.625. The van der Waals surface area contributed by atoms with Crippen LogP contribution in [0.15, 0.2) is 24.3 Å². The summed E-state index contributed by atoms with van der Waals surface area (Å²) in [4.78, 5) is 4.96. The summed E-state index contributed by atoms with van der Waals surface area (Å²) in [5.41, 5.74) is 1.18. The summed E-state index contributed by atoms with van der Waals surface area (Å²) in [5, 5.41) is 3.44. The Morgan fingerprint density at radius 2 is 1.68 bits per heavy atom. The highest BCUT2D eigenvalue weighted by Crippen LogP contribution is 2.37. The summed E-state index contributed by atoms with van der Waals surface area (Å²) in [6.45, 7) is 6.39. The Hall–Kier alpha value is -0.390. The number of piperidine rings is 1. The first-order chi connectivity index (χ1) is 9.71. The van der Waals surface area contributed by atoms with Gasteiger partial charge in [-0.1, -0.05) is 12.1 Å². The second kappa shape index (κ2) is 8.46. The Labute approximate surface area is 145 Å². The van der Waals surface area contributed by atoms with Crippen LogP contribution in [0, 0.1) is 5.82 Å². The third-order valence-electron chi connectivity index (χ3n) is 4.90. The summed E-state index contributed by atoms with van der Waals surface area (Å²) < 4.78 is 13.7. The van der Waals surface area contributed by atoms with Gasteiger partial charge in [0.1, 0.15) is 5.82 Å². The first-order valence-electron chi connectivity index (χ1n) is 7.61. The van der Waals surface area contributed by atoms with Crippen LogP contribution >= 0.6 is 24.8 Å². The van der Waals surface area contributed by atoms with E-state index in [2.05, 4.69) is 28.2 Å². The predicted molar refractivity (Wildman–Crippen MR) is 93.7 cm³/mol. The number of hydrogen-bond donors (Lipinski definition) is 1. The molecule has 2 heterocycles. The van der Waals surface area contributed by atoms with Gasteiger partial charge in [0.15, 0.2) is 0 Å². The van der Waals surface area contributed by atoms with E-state index in [1.165, 1.54) is 0 Å². The summed E-state index contributed by atoms with van der Waals surface area (Å²) >= 11 is 0. The zero-order valence-corrected chi connectivity index (χ0v) is 14.7. The molecule has 2 aliphatic heterocycles. The minimum absolute atomic E-state index is 0. The van der Waals surface area contributed by atoms with Crippen LogP contribution in [-0.4, -0.2) is 56.1 Å². The van der Waals surface area contributed by atoms with Crippen LogP contribution < -0.4 is 5.32 Å². The summed E-state index contributed by atoms with van der Waals surface area (Å²) in [6, 6.07) is 7.24. The Balaban J connectivity index is 0.00000121. The molecule has 0 bridgehead atoms. The van der Waals surface area contributed by atoms with Gasteiger partial charge in [-0.25, -0.2) is 4.39 Å². The van der Waals surface area contributed by atoms with Crippen molar-refractivity contribution in [2.24, 2.45) is 0 Å². The summed E-state index contributed by atoms with van der Waals surface area (Å²) in [6.07, 6.45) is 2.14. The molecule has 0 spiro atoms. The lowest BCUT2D eigenvalue weighted by atomic mass is 9.79. The average molecular weight is 350 g/mol. The molecule has 0 atom stereocenters. The van der Waals surface area contributed by atoms with Crippen molar-refractivity contribution in [2.75, 3.05) is 46.3 Å². The fourth-order valence-corrected chi connectivity index (χ4v) is 3.64. The van der Waals surface area contributed by atoms with Crippen LogP contribution in [-0.2, 0) is 5.54 Å². The molecule has 0 radical (unpaired) electrons. The van der Waals surface area contributed by atoms with E-state index in [1.807, 2.05) is 6.07 Å². The van der Waals surface area contributed by atoms with Gasteiger partial charge in [-0.15, -0.1) is 24.8 Å². The van der Waals surface area contributed by atoms with E-state index in [1.54, 1.807) is 12.1 Å². The van der Waals surface area contributed by atoms with Crippen molar-refractivity contribution >= 4 is 24.8 Å². The molecule has 0 aromatic heterocycles. The lowest BCUT2D eigenvalue weighted by Gasteiger charge is -2.50. The third kappa shape index (κ3) is 3.92. The van der Waals surface area contributed by atoms with Gasteiger partial charge in [0.2, 0.25) is 0 Å². The molecule has 6 heteroatoms. The standard InChI is InChI=1S/C16H24FN3.2ClH/c1-19-9-11-20(12-10-19)16(5-7-18-8-6-16)14-3-2-4-15(17)13-14;;/h2-4,13,18H,5-12H2,1H3;2*1H. The molecule has 3 nitrogen and oxygen atoms in total. The lowest BCUT2D eigenvalue weighted by molar-refractivity contribution is 0.0147. The Kier molecular flexibility index (Phi) is 7.56. The van der Waals surface area contributed by atoms with E-state index < -0.39 is 0 Å². The normalized spacial score (nSPS) is 22.5. The number of hydrogen-bond acceptors (Lipinski definition) is 3. The topological polar surface area (TPSA) is 18.5 Å². The van der Waals surface area contributed by atoms with E-state index in [0.29, 0.717) is 0 Å². The fourth-order valence-electron chi connectivity index (χ4n) is 3.64. The quantitative estimate of drug-likeness (QED) is 0.884. The smallest absolute Gasteiger partial charge is 0.123 e. The monoisotopic (exact) mass is 349 g/mol. The Morgan fingerprint density at radius 3 is 2.27 bits per heavy atom. The van der Waals surface area contributed by atoms with Gasteiger partial charge in [-0.3, -0.25) is 4.90 Å². The molecule has 3 rings (SSSR count). The van der Waals surface area contributed by atoms with Crippen molar-refractivity contribution in [3.63, 3.8) is 0 Å². The van der Waals surface area contributed by atoms with Crippen LogP contribution in [0.5, 0.6) is 0 Å². The van der Waals surface area contributed by atoms with Crippen molar-refractivity contribution in [3.8, 4) is 0 Å². The molecule has 1 aromatic rings. The number of likely N-dealkylation sites (N-methyl/N-ethyl adjacent to an activating group) is 1. The number of piperazine rings is 1. The molecule has 0 unspecified atom stereocenters. The maximum absolute atomic E-state index is 13.7. The minimum atomic E-state index is -0.116. The Bertz CT molecular complexity index is 458. The van der Waals surface area contributed by atoms with Crippen LogP contribution in [0.4, 0.5) is 4.39 Å². The highest BCUT2D eigenvalue weighted by molar-refractivity contribution is 5.85. The molecular formula is C16H26Cl2FN3. The van der Waals surface area contributed by atoms with Crippen LogP contribution in [0.1, 0.15) is 18.4 Å². The Morgan fingerprint density at radius 1 is 1.05 bits per heavy atom. The molecule has 22 heavy (non-hydrogen) atoms. The van der Waals surface area contributed by atoms with Gasteiger partial charge >= 0.3 is 0 Å². The van der Waals surface area contributed by atoms with Crippen molar-refractivity contribution in [2.45, 2.75) is 18.4 Å². The van der Waals surface area contributed by atoms with Crippen molar-refractivity contribution < 1.29 is 4.39 Å². The second-order valence-corrected chi connectivity index (χ2v) is 6.08. The van der Waals surface area contributed by atoms with Crippen molar-refractivity contribution in [1.29, 1.82) is 0 Å². The van der Waals surface area contributed by atoms with Gasteiger partial charge in [-0.05, 0) is 50.7 Å². The zero-order chi connectivity index (χ0) is 14.0. The SMILES string of the molecule is CN1CCN(C2(c3cccc(F)c3)CCNCC2)CC1.Cl.Cl. The molecule has 2 fully saturated rings. The highest BCUT2D eigenvalue weighted by atomic mass is 35.5. The number of rotatable bonds is 2. The lowest BCUT2D eigenvalue weighted by Crippen LogP contribution is -2.58. The third-order valence-corrected chi connectivity index (χ3v) is 4.90. The van der Waals surface area contributed by atoms with Crippen LogP contribution in [0.3, 0.4) is 0 Å². The number of nitrogens with zero attached hydrogens (tertiary/aromatic N) is 2. The largest absolute Gasteiger partial charge is 0.317 e. The summed E-state index contributed by atoms with van der Waals surface area (Å²) in [7, 11) is 2.18. The van der Waals surface area contributed by atoms with Gasteiger partial charge < -0.3 is 10.2 Å². The molecule has 1 aromatic carbocycles. The molecule has 1 N–H and O–H groups in total. The summed E-state index contributed by atoms with van der Waals surface area (Å²) in [5.74, 6) is -0.116. The molecule has 0 saturated carbocycles. The van der Waals surface area contributed by atoms with Crippen molar-refractivity contribution in [3.05, 3.63) is 35.6 Å². The van der Waals surface area contributed by atoms with Gasteiger partial charge in [0, 0.05) is 31.7 Å². The average Bonchev–Trinajstić information content (AvgIpc) is 2.49. The van der Waals surface area contributed by atoms with Gasteiger partial charge in [0.25, 0.3) is 0 Å². The van der Waals surface area contributed by atoms with E-state index in [-0.39, 0.29) is 36.2 Å². The van der Waals surface area contributed by atoms with E-state index in [0.717, 1.165) is 57.7 Å². The molecule has 2 saturated heterocycles. The second-order valence-electron chi connectivity index (χ2n) is 6.08. The van der Waals surface area contributed by atoms with Crippen LogP contribution in [0.2, 0.25) is 0 Å². The number of halogens is 3. The van der Waals surface area contributed by atoms with E-state index in [9.17, 15) is 4.39 Å². The first-order valence-corrected chi connectivity index (χ1v) is 7.61. The van der Waals surface area contributed by atoms with Crippen molar-refractivity contribution in [1.82, 2.24) is 15.1 Å². The van der Waals surface area contributed by atoms with Crippen LogP contribution in [0.25, 0.3) is 0 Å². The molecule has 0 aliphatic carbocycles. The molecular weight excluding hydrogens is 324 g/mol. The number of nitrogens with one attached hydrogen (secondary N) is 1. The van der Waals surface area contributed by atoms with E-state index >= 15 is 0 Å². The minimum Gasteiger partial charge on any atom is -0.317 e. The maximum Gasteiger partial charge on any atom is 0.123 e. The van der Waals surface area contributed by atoms with Gasteiger partial charge in [0.05, 0.1) is 0 Å². The maximum atomic E-state index is 13.7. The predicted octanol–water partition coefficient (Wildman–Crippen LogP) is 2.50. The highest BCUT2D eigenvalue weighted by Gasteiger charge is 2.40. The zero-order valence-electron chi connectivity index (χ0n) is 13.1. The van der Waals surface area contributed by atoms with Gasteiger partial charge in [-0.2, -0.15) is 0 Å².